The Kier molecular flexibility index (Phi) is 5.90. The number of aromatic nitrogens is 4. The minimum absolute atomic E-state index is 0.328. The van der Waals surface area contributed by atoms with Crippen LogP contribution in [-0.4, -0.2) is 52.3 Å². The van der Waals surface area contributed by atoms with Crippen LogP contribution >= 0.6 is 0 Å². The zero-order valence-electron chi connectivity index (χ0n) is 20.6. The first-order chi connectivity index (χ1) is 18.0. The Morgan fingerprint density at radius 1 is 0.865 bits per heavy atom. The maximum absolute atomic E-state index is 14.6. The number of likely N-dealkylation sites (N-methyl/N-ethyl adjacent to an activating group) is 1. The number of nitrogens with zero attached hydrogens (tertiary/aromatic N) is 3. The molecule has 0 fully saturated rings. The minimum Gasteiger partial charge on any atom is -0.492 e. The lowest BCUT2D eigenvalue weighted by Crippen LogP contribution is -2.19. The van der Waals surface area contributed by atoms with Crippen molar-refractivity contribution in [2.45, 2.75) is 0 Å². The summed E-state index contributed by atoms with van der Waals surface area (Å²) in [6.07, 6.45) is 1.79. The van der Waals surface area contributed by atoms with Crippen molar-refractivity contribution in [3.8, 4) is 39.5 Å². The summed E-state index contributed by atoms with van der Waals surface area (Å²) in [7, 11) is 3.96. The van der Waals surface area contributed by atoms with E-state index in [-0.39, 0.29) is 5.82 Å². The van der Waals surface area contributed by atoms with Crippen molar-refractivity contribution in [1.29, 1.82) is 0 Å². The van der Waals surface area contributed by atoms with Crippen LogP contribution in [-0.2, 0) is 0 Å². The SMILES string of the molecule is CN(C)CCOc1cc(F)cc(-c2cccc3[nH]c(-c4n[nH]c5ccc(-c6ccccn6)cc45)cc23)c1. The van der Waals surface area contributed by atoms with Gasteiger partial charge in [0.05, 0.1) is 16.9 Å². The van der Waals surface area contributed by atoms with Crippen molar-refractivity contribution in [3.63, 3.8) is 0 Å². The smallest absolute Gasteiger partial charge is 0.127 e. The number of benzene rings is 3. The van der Waals surface area contributed by atoms with Crippen molar-refractivity contribution in [2.24, 2.45) is 0 Å². The third-order valence-electron chi connectivity index (χ3n) is 6.43. The van der Waals surface area contributed by atoms with Gasteiger partial charge in [-0.2, -0.15) is 5.10 Å². The quantitative estimate of drug-likeness (QED) is 0.267. The maximum Gasteiger partial charge on any atom is 0.127 e. The van der Waals surface area contributed by atoms with Crippen molar-refractivity contribution in [3.05, 3.63) is 90.9 Å². The Bertz CT molecular complexity index is 1700. The van der Waals surface area contributed by atoms with Gasteiger partial charge < -0.3 is 14.6 Å². The molecule has 0 amide bonds. The Labute approximate surface area is 213 Å². The molecule has 6 rings (SSSR count). The molecule has 0 saturated carbocycles. The van der Waals surface area contributed by atoms with E-state index in [1.807, 2.05) is 73.6 Å². The van der Waals surface area contributed by atoms with Crippen LogP contribution in [0.2, 0.25) is 0 Å². The largest absolute Gasteiger partial charge is 0.492 e. The van der Waals surface area contributed by atoms with Crippen LogP contribution in [0.3, 0.4) is 0 Å². The van der Waals surface area contributed by atoms with Gasteiger partial charge >= 0.3 is 0 Å². The van der Waals surface area contributed by atoms with Crippen LogP contribution in [0.25, 0.3) is 55.6 Å². The zero-order chi connectivity index (χ0) is 25.4. The Hall–Kier alpha value is -4.49. The van der Waals surface area contributed by atoms with Crippen LogP contribution in [0.1, 0.15) is 0 Å². The highest BCUT2D eigenvalue weighted by atomic mass is 19.1. The molecule has 3 aromatic heterocycles. The molecule has 0 aliphatic carbocycles. The van der Waals surface area contributed by atoms with E-state index in [0.717, 1.165) is 62.1 Å². The fourth-order valence-corrected chi connectivity index (χ4v) is 4.59. The monoisotopic (exact) mass is 491 g/mol. The maximum atomic E-state index is 14.6. The second kappa shape index (κ2) is 9.52. The van der Waals surface area contributed by atoms with Crippen molar-refractivity contribution < 1.29 is 9.13 Å². The molecule has 0 spiro atoms. The highest BCUT2D eigenvalue weighted by Crippen LogP contribution is 2.36. The Morgan fingerprint density at radius 3 is 2.62 bits per heavy atom. The summed E-state index contributed by atoms with van der Waals surface area (Å²) in [5, 5.41) is 9.74. The molecule has 184 valence electrons. The summed E-state index contributed by atoms with van der Waals surface area (Å²) in [5.41, 5.74) is 7.21. The molecule has 0 radical (unpaired) electrons. The topological polar surface area (TPSA) is 69.8 Å². The van der Waals surface area contributed by atoms with Gasteiger partial charge in [-0.15, -0.1) is 0 Å². The van der Waals surface area contributed by atoms with Gasteiger partial charge in [0.1, 0.15) is 23.9 Å². The first-order valence-electron chi connectivity index (χ1n) is 12.2. The fourth-order valence-electron chi connectivity index (χ4n) is 4.59. The van der Waals surface area contributed by atoms with Gasteiger partial charge in [-0.1, -0.05) is 24.3 Å². The molecule has 0 atom stereocenters. The van der Waals surface area contributed by atoms with E-state index in [4.69, 9.17) is 4.74 Å². The predicted octanol–water partition coefficient (Wildman–Crippen LogP) is 6.52. The van der Waals surface area contributed by atoms with Gasteiger partial charge in [0.15, 0.2) is 0 Å². The van der Waals surface area contributed by atoms with Gasteiger partial charge in [0.25, 0.3) is 0 Å². The fraction of sp³-hybridized carbons (Fsp3) is 0.133. The molecule has 3 aromatic carbocycles. The van der Waals surface area contributed by atoms with Gasteiger partial charge in [-0.25, -0.2) is 4.39 Å². The summed E-state index contributed by atoms with van der Waals surface area (Å²) in [4.78, 5) is 10.0. The molecule has 2 N–H and O–H groups in total. The summed E-state index contributed by atoms with van der Waals surface area (Å²) >= 11 is 0. The van der Waals surface area contributed by atoms with Crippen LogP contribution in [0.15, 0.2) is 85.1 Å². The highest BCUT2D eigenvalue weighted by Gasteiger charge is 2.15. The molecular formula is C30H26FN5O. The van der Waals surface area contributed by atoms with E-state index in [2.05, 4.69) is 32.3 Å². The third kappa shape index (κ3) is 4.57. The van der Waals surface area contributed by atoms with Crippen LogP contribution < -0.4 is 4.74 Å². The number of hydrogen-bond acceptors (Lipinski definition) is 4. The van der Waals surface area contributed by atoms with Crippen LogP contribution in [0.5, 0.6) is 5.75 Å². The minimum atomic E-state index is -0.328. The molecule has 3 heterocycles. The molecule has 0 unspecified atom stereocenters. The van der Waals surface area contributed by atoms with Crippen LogP contribution in [0.4, 0.5) is 4.39 Å². The van der Waals surface area contributed by atoms with Gasteiger partial charge in [0, 0.05) is 40.7 Å². The van der Waals surface area contributed by atoms with Gasteiger partial charge in [-0.3, -0.25) is 10.1 Å². The number of rotatable bonds is 7. The molecule has 37 heavy (non-hydrogen) atoms. The van der Waals surface area contributed by atoms with E-state index in [0.29, 0.717) is 12.4 Å². The molecule has 0 aliphatic rings. The number of H-pyrrole nitrogens is 2. The molecule has 0 saturated heterocycles. The lowest BCUT2D eigenvalue weighted by molar-refractivity contribution is 0.260. The Balaban J connectivity index is 1.41. The first kappa shape index (κ1) is 22.9. The molecule has 0 bridgehead atoms. The number of aromatic amines is 2. The second-order valence-electron chi connectivity index (χ2n) is 9.32. The van der Waals surface area contributed by atoms with Crippen molar-refractivity contribution in [2.75, 3.05) is 27.2 Å². The second-order valence-corrected chi connectivity index (χ2v) is 9.32. The number of hydrogen-bond donors (Lipinski definition) is 2. The highest BCUT2D eigenvalue weighted by molar-refractivity contribution is 6.01. The van der Waals surface area contributed by atoms with E-state index in [9.17, 15) is 4.39 Å². The third-order valence-corrected chi connectivity index (χ3v) is 6.43. The predicted molar refractivity (Wildman–Crippen MR) is 146 cm³/mol. The lowest BCUT2D eigenvalue weighted by atomic mass is 10.0. The van der Waals surface area contributed by atoms with E-state index < -0.39 is 0 Å². The van der Waals surface area contributed by atoms with E-state index >= 15 is 0 Å². The molecule has 6 aromatic rings. The number of halogens is 1. The van der Waals surface area contributed by atoms with E-state index in [1.54, 1.807) is 12.3 Å². The molecule has 0 aliphatic heterocycles. The summed E-state index contributed by atoms with van der Waals surface area (Å²) in [6, 6.07) is 25.0. The number of ether oxygens (including phenoxy) is 1. The summed E-state index contributed by atoms with van der Waals surface area (Å²) < 4.78 is 20.4. The van der Waals surface area contributed by atoms with Crippen molar-refractivity contribution in [1.82, 2.24) is 25.1 Å². The average molecular weight is 492 g/mol. The lowest BCUT2D eigenvalue weighted by Gasteiger charge is -2.12. The standard InChI is InChI=1S/C30H26FN5O/c1-36(2)12-13-37-22-15-20(14-21(31)17-22)23-6-5-8-27-24(23)18-29(33-27)30-25-16-19(9-10-28(25)34-35-30)26-7-3-4-11-32-26/h3-11,14-18,33H,12-13H2,1-2H3,(H,34,35). The van der Waals surface area contributed by atoms with Crippen molar-refractivity contribution >= 4 is 21.8 Å². The molecule has 6 nitrogen and oxygen atoms in total. The molecular weight excluding hydrogens is 465 g/mol. The zero-order valence-corrected chi connectivity index (χ0v) is 20.6. The van der Waals surface area contributed by atoms with Gasteiger partial charge in [-0.05, 0) is 73.8 Å². The average Bonchev–Trinajstić information content (AvgIpc) is 3.52. The Morgan fingerprint density at radius 2 is 1.78 bits per heavy atom. The summed E-state index contributed by atoms with van der Waals surface area (Å²) in [6.45, 7) is 1.24. The van der Waals surface area contributed by atoms with E-state index in [1.165, 1.54) is 6.07 Å². The normalized spacial score (nSPS) is 11.6. The number of pyridine rings is 1. The van der Waals surface area contributed by atoms with Gasteiger partial charge in [0.2, 0.25) is 0 Å². The number of fused-ring (bicyclic) bond motifs is 2. The number of nitrogens with one attached hydrogen (secondary N) is 2. The first-order valence-corrected chi connectivity index (χ1v) is 12.2. The van der Waals surface area contributed by atoms with Crippen LogP contribution in [0, 0.1) is 5.82 Å². The summed E-state index contributed by atoms with van der Waals surface area (Å²) in [5.74, 6) is 0.190. The molecule has 7 heteroatoms.